The lowest BCUT2D eigenvalue weighted by molar-refractivity contribution is -0.137. The fourth-order valence-corrected chi connectivity index (χ4v) is 2.07. The molecule has 0 saturated carbocycles. The van der Waals surface area contributed by atoms with Crippen molar-refractivity contribution in [2.75, 3.05) is 26.7 Å². The van der Waals surface area contributed by atoms with Gasteiger partial charge in [0.1, 0.15) is 0 Å². The summed E-state index contributed by atoms with van der Waals surface area (Å²) in [6.45, 7) is 2.06. The first-order valence-corrected chi connectivity index (χ1v) is 6.18. The Hall–Kier alpha value is -1.07. The molecule has 0 bridgehead atoms. The molecule has 0 heterocycles. The summed E-state index contributed by atoms with van der Waals surface area (Å²) in [5.41, 5.74) is 0.373. The largest absolute Gasteiger partial charge is 0.395 e. The lowest BCUT2D eigenvalue weighted by atomic mass is 9.83. The molecule has 1 N–H and O–H groups in total. The number of likely N-dealkylation sites (N-methyl/N-ethyl adjacent to an activating group) is 1. The molecule has 0 saturated heterocycles. The molecule has 108 valence electrons. The van der Waals surface area contributed by atoms with Gasteiger partial charge in [0.2, 0.25) is 0 Å². The fraction of sp³-hybridized carbons (Fsp3) is 0.571. The van der Waals surface area contributed by atoms with Gasteiger partial charge in [0, 0.05) is 18.5 Å². The summed E-state index contributed by atoms with van der Waals surface area (Å²) in [6, 6.07) is 9.36. The van der Waals surface area contributed by atoms with E-state index in [0.29, 0.717) is 6.54 Å². The number of aliphatic hydroxyl groups excluding tert-OH is 1. The third-order valence-corrected chi connectivity index (χ3v) is 3.22. The Bertz CT molecular complexity index is 380. The van der Waals surface area contributed by atoms with Crippen LogP contribution in [0.2, 0.25) is 0 Å². The predicted octanol–water partition coefficient (Wildman–Crippen LogP) is 2.82. The lowest BCUT2D eigenvalue weighted by Crippen LogP contribution is -2.40. The molecule has 0 fully saturated rings. The van der Waals surface area contributed by atoms with Crippen molar-refractivity contribution in [3.05, 3.63) is 35.9 Å². The van der Waals surface area contributed by atoms with Gasteiger partial charge in [-0.25, -0.2) is 0 Å². The van der Waals surface area contributed by atoms with E-state index in [4.69, 9.17) is 0 Å². The molecule has 1 aromatic rings. The first-order chi connectivity index (χ1) is 8.77. The minimum atomic E-state index is -4.14. The molecule has 0 radical (unpaired) electrons. The van der Waals surface area contributed by atoms with Gasteiger partial charge < -0.3 is 10.0 Å². The van der Waals surface area contributed by atoms with E-state index in [1.807, 2.05) is 37.3 Å². The molecule has 0 aliphatic carbocycles. The summed E-state index contributed by atoms with van der Waals surface area (Å²) in [4.78, 5) is 1.61. The van der Waals surface area contributed by atoms with Crippen LogP contribution in [0.25, 0.3) is 0 Å². The van der Waals surface area contributed by atoms with Gasteiger partial charge in [-0.05, 0) is 12.6 Å². The van der Waals surface area contributed by atoms with Crippen LogP contribution >= 0.6 is 0 Å². The Kier molecular flexibility index (Phi) is 5.38. The van der Waals surface area contributed by atoms with Gasteiger partial charge in [0.05, 0.1) is 13.0 Å². The van der Waals surface area contributed by atoms with Gasteiger partial charge in [0.15, 0.2) is 0 Å². The molecule has 2 nitrogen and oxygen atoms in total. The van der Waals surface area contributed by atoms with E-state index in [2.05, 4.69) is 0 Å². The molecule has 1 rings (SSSR count). The average Bonchev–Trinajstić information content (AvgIpc) is 2.36. The Balaban J connectivity index is 2.66. The van der Waals surface area contributed by atoms with Gasteiger partial charge in [-0.1, -0.05) is 37.3 Å². The Morgan fingerprint density at radius 1 is 1.16 bits per heavy atom. The SMILES string of the molecule is CN(CCC(F)(F)F)CC(C)(CO)c1ccccc1. The number of aliphatic hydroxyl groups is 1. The van der Waals surface area contributed by atoms with Crippen LogP contribution in [-0.4, -0.2) is 42.9 Å². The average molecular weight is 275 g/mol. The summed E-state index contributed by atoms with van der Waals surface area (Å²) in [7, 11) is 1.64. The van der Waals surface area contributed by atoms with E-state index >= 15 is 0 Å². The topological polar surface area (TPSA) is 23.5 Å². The maximum absolute atomic E-state index is 12.2. The molecule has 0 amide bonds. The van der Waals surface area contributed by atoms with Crippen LogP contribution in [0.15, 0.2) is 30.3 Å². The van der Waals surface area contributed by atoms with E-state index < -0.39 is 18.0 Å². The summed E-state index contributed by atoms with van der Waals surface area (Å²) in [6.07, 6.45) is -4.98. The van der Waals surface area contributed by atoms with Crippen LogP contribution in [0.3, 0.4) is 0 Å². The summed E-state index contributed by atoms with van der Waals surface area (Å²) in [5, 5.41) is 9.57. The second-order valence-corrected chi connectivity index (χ2v) is 5.19. The van der Waals surface area contributed by atoms with Crippen molar-refractivity contribution in [1.29, 1.82) is 0 Å². The van der Waals surface area contributed by atoms with Gasteiger partial charge >= 0.3 is 6.18 Å². The first kappa shape index (κ1) is 16.0. The number of hydrogen-bond donors (Lipinski definition) is 1. The van der Waals surface area contributed by atoms with Gasteiger partial charge in [-0.2, -0.15) is 13.2 Å². The van der Waals surface area contributed by atoms with E-state index in [1.54, 1.807) is 11.9 Å². The molecule has 19 heavy (non-hydrogen) atoms. The summed E-state index contributed by atoms with van der Waals surface area (Å²) in [5.74, 6) is 0. The number of rotatable bonds is 6. The molecule has 0 aromatic heterocycles. The molecule has 1 aromatic carbocycles. The molecular weight excluding hydrogens is 255 g/mol. The van der Waals surface area contributed by atoms with Crippen LogP contribution in [0.4, 0.5) is 13.2 Å². The normalized spacial score (nSPS) is 15.5. The van der Waals surface area contributed by atoms with Gasteiger partial charge in [-0.3, -0.25) is 0 Å². The summed E-state index contributed by atoms with van der Waals surface area (Å²) >= 11 is 0. The lowest BCUT2D eigenvalue weighted by Gasteiger charge is -2.33. The third-order valence-electron chi connectivity index (χ3n) is 3.22. The highest BCUT2D eigenvalue weighted by Gasteiger charge is 2.30. The maximum atomic E-state index is 12.2. The Morgan fingerprint density at radius 2 is 1.74 bits per heavy atom. The van der Waals surface area contributed by atoms with Crippen LogP contribution < -0.4 is 0 Å². The Morgan fingerprint density at radius 3 is 2.21 bits per heavy atom. The Labute approximate surface area is 111 Å². The van der Waals surface area contributed by atoms with Crippen LogP contribution in [0.1, 0.15) is 18.9 Å². The summed E-state index contributed by atoms with van der Waals surface area (Å²) < 4.78 is 36.5. The number of halogens is 3. The van der Waals surface area contributed by atoms with E-state index in [9.17, 15) is 18.3 Å². The number of hydrogen-bond acceptors (Lipinski definition) is 2. The molecule has 1 atom stereocenters. The van der Waals surface area contributed by atoms with Crippen molar-refractivity contribution in [3.8, 4) is 0 Å². The zero-order valence-electron chi connectivity index (χ0n) is 11.2. The number of alkyl halides is 3. The number of benzene rings is 1. The smallest absolute Gasteiger partial charge is 0.390 e. The minimum Gasteiger partial charge on any atom is -0.395 e. The van der Waals surface area contributed by atoms with Crippen molar-refractivity contribution in [1.82, 2.24) is 4.90 Å². The zero-order chi connectivity index (χ0) is 14.5. The van der Waals surface area contributed by atoms with Crippen molar-refractivity contribution in [2.45, 2.75) is 24.9 Å². The second-order valence-electron chi connectivity index (χ2n) is 5.19. The third kappa shape index (κ3) is 5.20. The van der Waals surface area contributed by atoms with Gasteiger partial charge in [-0.15, -0.1) is 0 Å². The minimum absolute atomic E-state index is 0.0636. The number of nitrogens with zero attached hydrogens (tertiary/aromatic N) is 1. The van der Waals surface area contributed by atoms with Crippen molar-refractivity contribution in [3.63, 3.8) is 0 Å². The molecule has 0 aliphatic rings. The molecule has 1 unspecified atom stereocenters. The molecule has 0 spiro atoms. The van der Waals surface area contributed by atoms with E-state index in [-0.39, 0.29) is 13.2 Å². The van der Waals surface area contributed by atoms with Crippen LogP contribution in [0.5, 0.6) is 0 Å². The zero-order valence-corrected chi connectivity index (χ0v) is 11.2. The van der Waals surface area contributed by atoms with Crippen molar-refractivity contribution in [2.24, 2.45) is 0 Å². The highest BCUT2D eigenvalue weighted by atomic mass is 19.4. The molecule has 5 heteroatoms. The standard InChI is InChI=1S/C14H20F3NO/c1-13(11-19,12-6-4-3-5-7-12)10-18(2)9-8-14(15,16)17/h3-7,19H,8-11H2,1-2H3. The predicted molar refractivity (Wildman–Crippen MR) is 69.0 cm³/mol. The van der Waals surface area contributed by atoms with Crippen molar-refractivity contribution < 1.29 is 18.3 Å². The molecule has 0 aliphatic heterocycles. The van der Waals surface area contributed by atoms with E-state index in [0.717, 1.165) is 5.56 Å². The monoisotopic (exact) mass is 275 g/mol. The van der Waals surface area contributed by atoms with Crippen LogP contribution in [0, 0.1) is 0 Å². The van der Waals surface area contributed by atoms with E-state index in [1.165, 1.54) is 0 Å². The highest BCUT2D eigenvalue weighted by molar-refractivity contribution is 5.25. The maximum Gasteiger partial charge on any atom is 0.390 e. The molecular formula is C14H20F3NO. The highest BCUT2D eigenvalue weighted by Crippen LogP contribution is 2.25. The first-order valence-electron chi connectivity index (χ1n) is 6.18. The van der Waals surface area contributed by atoms with Gasteiger partial charge in [0.25, 0.3) is 0 Å². The second kappa shape index (κ2) is 6.39. The quantitative estimate of drug-likeness (QED) is 0.863. The van der Waals surface area contributed by atoms with Crippen molar-refractivity contribution >= 4 is 0 Å². The fourth-order valence-electron chi connectivity index (χ4n) is 2.07. The van der Waals surface area contributed by atoms with Crippen LogP contribution in [-0.2, 0) is 5.41 Å².